The molecule has 0 aliphatic rings. The van der Waals surface area contributed by atoms with Gasteiger partial charge in [-0.1, -0.05) is 0 Å². The number of nitro groups is 1. The van der Waals surface area contributed by atoms with Gasteiger partial charge in [0.2, 0.25) is 0 Å². The van der Waals surface area contributed by atoms with Gasteiger partial charge in [-0.05, 0) is 50.2 Å². The van der Waals surface area contributed by atoms with E-state index in [1.807, 2.05) is 18.7 Å². The average Bonchev–Trinajstić information content (AvgIpc) is 2.67. The van der Waals surface area contributed by atoms with Crippen LogP contribution < -0.4 is 15.2 Å². The van der Waals surface area contributed by atoms with Crippen molar-refractivity contribution in [3.63, 3.8) is 0 Å². The van der Waals surface area contributed by atoms with Crippen molar-refractivity contribution < 1.29 is 18.1 Å². The summed E-state index contributed by atoms with van der Waals surface area (Å²) in [4.78, 5) is 26.0. The molecule has 0 saturated carbocycles. The highest BCUT2D eigenvalue weighted by molar-refractivity contribution is 7.89. The fourth-order valence-corrected chi connectivity index (χ4v) is 3.24. The van der Waals surface area contributed by atoms with Gasteiger partial charge in [0.05, 0.1) is 9.82 Å². The van der Waals surface area contributed by atoms with E-state index in [0.29, 0.717) is 0 Å². The lowest BCUT2D eigenvalue weighted by Gasteiger charge is -2.21. The van der Waals surface area contributed by atoms with Crippen molar-refractivity contribution in [2.24, 2.45) is 0 Å². The Morgan fingerprint density at radius 2 is 1.59 bits per heavy atom. The average molecular weight is 392 g/mol. The van der Waals surface area contributed by atoms with Crippen molar-refractivity contribution in [3.05, 3.63) is 64.2 Å². The highest BCUT2D eigenvalue weighted by atomic mass is 32.2. The third-order valence-electron chi connectivity index (χ3n) is 3.91. The van der Waals surface area contributed by atoms with Crippen LogP contribution in [-0.4, -0.2) is 32.3 Å². The van der Waals surface area contributed by atoms with E-state index in [1.165, 1.54) is 0 Å². The number of hydrazine groups is 1. The van der Waals surface area contributed by atoms with Crippen LogP contribution in [0.1, 0.15) is 24.2 Å². The number of benzene rings is 2. The molecular weight excluding hydrogens is 372 g/mol. The van der Waals surface area contributed by atoms with Gasteiger partial charge in [0.15, 0.2) is 0 Å². The molecule has 0 aromatic heterocycles. The van der Waals surface area contributed by atoms with Gasteiger partial charge < -0.3 is 4.90 Å². The fourth-order valence-electron chi connectivity index (χ4n) is 2.40. The van der Waals surface area contributed by atoms with Gasteiger partial charge in [-0.2, -0.15) is 0 Å². The highest BCUT2D eigenvalue weighted by Gasteiger charge is 2.17. The number of carbonyl (C=O) groups excluding carboxylic acids is 1. The Morgan fingerprint density at radius 3 is 2.07 bits per heavy atom. The van der Waals surface area contributed by atoms with Crippen LogP contribution >= 0.6 is 0 Å². The monoisotopic (exact) mass is 392 g/mol. The smallest absolute Gasteiger partial charge is 0.269 e. The summed E-state index contributed by atoms with van der Waals surface area (Å²) in [6, 6.07) is 11.1. The Balaban J connectivity index is 2.04. The number of sulfonamides is 1. The zero-order chi connectivity index (χ0) is 20.0. The largest absolute Gasteiger partial charge is 0.372 e. The van der Waals surface area contributed by atoms with Crippen LogP contribution in [0.15, 0.2) is 53.4 Å². The van der Waals surface area contributed by atoms with Crippen LogP contribution in [0.25, 0.3) is 0 Å². The fraction of sp³-hybridized carbons (Fsp3) is 0.235. The van der Waals surface area contributed by atoms with Gasteiger partial charge in [0.1, 0.15) is 0 Å². The summed E-state index contributed by atoms with van der Waals surface area (Å²) in [6.45, 7) is 5.71. The van der Waals surface area contributed by atoms with Gasteiger partial charge in [-0.3, -0.25) is 20.3 Å². The van der Waals surface area contributed by atoms with Crippen LogP contribution in [0.4, 0.5) is 11.4 Å². The first-order valence-corrected chi connectivity index (χ1v) is 9.68. The van der Waals surface area contributed by atoms with Gasteiger partial charge in [-0.15, -0.1) is 4.83 Å². The summed E-state index contributed by atoms with van der Waals surface area (Å²) in [6.07, 6.45) is 0. The number of hydrogen-bond acceptors (Lipinski definition) is 6. The minimum Gasteiger partial charge on any atom is -0.372 e. The molecule has 27 heavy (non-hydrogen) atoms. The van der Waals surface area contributed by atoms with E-state index in [4.69, 9.17) is 0 Å². The molecule has 10 heteroatoms. The number of non-ortho nitro benzene ring substituents is 1. The van der Waals surface area contributed by atoms with Gasteiger partial charge in [-0.25, -0.2) is 8.42 Å². The Hall–Kier alpha value is -2.98. The molecule has 0 radical (unpaired) electrons. The lowest BCUT2D eigenvalue weighted by atomic mass is 10.2. The quantitative estimate of drug-likeness (QED) is 0.524. The molecule has 144 valence electrons. The second kappa shape index (κ2) is 8.60. The topological polar surface area (TPSA) is 122 Å². The number of nitro benzene ring substituents is 1. The Kier molecular flexibility index (Phi) is 6.48. The third-order valence-corrected chi connectivity index (χ3v) is 5.18. The van der Waals surface area contributed by atoms with Crippen molar-refractivity contribution in [3.8, 4) is 0 Å². The molecule has 2 aromatic rings. The second-order valence-electron chi connectivity index (χ2n) is 5.53. The summed E-state index contributed by atoms with van der Waals surface area (Å²) in [5, 5.41) is 10.6. The predicted molar refractivity (Wildman–Crippen MR) is 101 cm³/mol. The van der Waals surface area contributed by atoms with Crippen molar-refractivity contribution in [2.45, 2.75) is 18.7 Å². The molecule has 0 bridgehead atoms. The van der Waals surface area contributed by atoms with Crippen molar-refractivity contribution in [2.75, 3.05) is 18.0 Å². The predicted octanol–water partition coefficient (Wildman–Crippen LogP) is 2.06. The van der Waals surface area contributed by atoms with Crippen LogP contribution in [0.5, 0.6) is 0 Å². The van der Waals surface area contributed by atoms with Crippen molar-refractivity contribution in [1.82, 2.24) is 10.3 Å². The number of anilines is 1. The van der Waals surface area contributed by atoms with E-state index >= 15 is 0 Å². The summed E-state index contributed by atoms with van der Waals surface area (Å²) in [5.74, 6) is -0.619. The first-order chi connectivity index (χ1) is 12.8. The maximum Gasteiger partial charge on any atom is 0.269 e. The van der Waals surface area contributed by atoms with Crippen LogP contribution in [0, 0.1) is 10.1 Å². The zero-order valence-electron chi connectivity index (χ0n) is 14.9. The molecular formula is C17H20N4O5S. The van der Waals surface area contributed by atoms with Gasteiger partial charge in [0, 0.05) is 36.5 Å². The van der Waals surface area contributed by atoms with E-state index in [1.54, 1.807) is 24.3 Å². The molecule has 0 atom stereocenters. The number of nitrogens with zero attached hydrogens (tertiary/aromatic N) is 2. The molecule has 0 fully saturated rings. The van der Waals surface area contributed by atoms with E-state index in [0.717, 1.165) is 43.0 Å². The van der Waals surface area contributed by atoms with Gasteiger partial charge in [0.25, 0.3) is 21.6 Å². The van der Waals surface area contributed by atoms with E-state index in [2.05, 4.69) is 10.3 Å². The normalized spacial score (nSPS) is 11.0. The van der Waals surface area contributed by atoms with E-state index in [-0.39, 0.29) is 16.1 Å². The van der Waals surface area contributed by atoms with Gasteiger partial charge >= 0.3 is 0 Å². The first-order valence-electron chi connectivity index (χ1n) is 8.20. The lowest BCUT2D eigenvalue weighted by Crippen LogP contribution is -2.41. The summed E-state index contributed by atoms with van der Waals surface area (Å²) < 4.78 is 24.3. The maximum atomic E-state index is 12.2. The first kappa shape index (κ1) is 20.3. The summed E-state index contributed by atoms with van der Waals surface area (Å²) in [5.41, 5.74) is 3.15. The summed E-state index contributed by atoms with van der Waals surface area (Å²) in [7, 11) is -4.05. The van der Waals surface area contributed by atoms with Crippen molar-refractivity contribution in [1.29, 1.82) is 0 Å². The maximum absolute atomic E-state index is 12.2. The lowest BCUT2D eigenvalue weighted by molar-refractivity contribution is -0.384. The number of rotatable bonds is 8. The van der Waals surface area contributed by atoms with Crippen molar-refractivity contribution >= 4 is 27.3 Å². The molecule has 2 rings (SSSR count). The minimum atomic E-state index is -4.05. The standard InChI is InChI=1S/C17H20N4O5S/c1-3-20(4-2)14-7-5-13(6-8-14)17(22)18-19-27(25,26)16-11-9-15(10-12-16)21(23)24/h5-12,19H,3-4H2,1-2H3,(H,18,22). The number of hydrogen-bond donors (Lipinski definition) is 2. The number of carbonyl (C=O) groups is 1. The molecule has 0 aliphatic heterocycles. The molecule has 2 N–H and O–H groups in total. The van der Waals surface area contributed by atoms with Crippen LogP contribution in [0.3, 0.4) is 0 Å². The zero-order valence-corrected chi connectivity index (χ0v) is 15.7. The molecule has 9 nitrogen and oxygen atoms in total. The van der Waals surface area contributed by atoms with E-state index in [9.17, 15) is 23.3 Å². The second-order valence-corrected chi connectivity index (χ2v) is 7.21. The van der Waals surface area contributed by atoms with Crippen LogP contribution in [0.2, 0.25) is 0 Å². The Morgan fingerprint density at radius 1 is 1.04 bits per heavy atom. The SMILES string of the molecule is CCN(CC)c1ccc(C(=O)NNS(=O)(=O)c2ccc([N+](=O)[O-])cc2)cc1. The Labute approximate surface area is 157 Å². The molecule has 2 aromatic carbocycles. The minimum absolute atomic E-state index is 0.203. The molecule has 0 spiro atoms. The molecule has 0 aliphatic carbocycles. The summed E-state index contributed by atoms with van der Waals surface area (Å²) >= 11 is 0. The highest BCUT2D eigenvalue weighted by Crippen LogP contribution is 2.16. The molecule has 1 amide bonds. The number of nitrogens with one attached hydrogen (secondary N) is 2. The third kappa shape index (κ3) is 5.02. The van der Waals surface area contributed by atoms with E-state index < -0.39 is 20.9 Å². The molecule has 0 unspecified atom stereocenters. The number of amides is 1. The van der Waals surface area contributed by atoms with Crippen LogP contribution in [-0.2, 0) is 10.0 Å². The Bertz CT molecular complexity index is 907. The molecule has 0 heterocycles. The molecule has 0 saturated heterocycles.